The molecule has 0 spiro atoms. The van der Waals surface area contributed by atoms with Gasteiger partial charge in [-0.2, -0.15) is 20.5 Å². The Morgan fingerprint density at radius 2 is 1.28 bits per heavy atom. The number of aliphatic hydroxyl groups excluding tert-OH is 2. The molecule has 0 saturated heterocycles. The highest BCUT2D eigenvalue weighted by atomic mass is 35.5. The molecule has 2 aromatic carbocycles. The van der Waals surface area contributed by atoms with Gasteiger partial charge in [0, 0.05) is 60.1 Å². The molecule has 406 valence electrons. The molecule has 6 aromatic rings. The van der Waals surface area contributed by atoms with Crippen molar-refractivity contribution in [2.45, 2.75) is 172 Å². The summed E-state index contributed by atoms with van der Waals surface area (Å²) >= 11 is 7.01. The monoisotopic (exact) mass is 1080 g/mol. The third kappa shape index (κ3) is 10.4. The molecule has 6 heterocycles. The Labute approximate surface area is 456 Å². The number of fused-ring (bicyclic) bond motifs is 2. The molecule has 2 aliphatic carbocycles. The lowest BCUT2D eigenvalue weighted by molar-refractivity contribution is -0.168. The van der Waals surface area contributed by atoms with Gasteiger partial charge in [-0.15, -0.1) is 10.2 Å². The van der Waals surface area contributed by atoms with Gasteiger partial charge in [0.25, 0.3) is 11.6 Å². The van der Waals surface area contributed by atoms with Crippen LogP contribution in [-0.2, 0) is 55.6 Å². The van der Waals surface area contributed by atoms with Crippen LogP contribution in [0.4, 0.5) is 8.78 Å². The lowest BCUT2D eigenvalue weighted by Crippen LogP contribution is -2.46. The number of nitrogens with zero attached hydrogens (tertiary/aromatic N) is 10. The summed E-state index contributed by atoms with van der Waals surface area (Å²) in [5, 5.41) is 53.6. The number of aryl methyl sites for hydroxylation is 5. The fraction of sp³-hybridized carbons (Fsp3) is 0.492. The normalized spacial score (nSPS) is 21.9. The Hall–Kier alpha value is -7.31. The zero-order chi connectivity index (χ0) is 55.3. The second kappa shape index (κ2) is 21.1. The third-order valence-corrected chi connectivity index (χ3v) is 17.5. The molecule has 2 fully saturated rings. The van der Waals surface area contributed by atoms with Gasteiger partial charge in [0.15, 0.2) is 11.6 Å². The first-order chi connectivity index (χ1) is 37.2. The molecular weight excluding hydrogens is 1020 g/mol. The maximum atomic E-state index is 16.4. The molecule has 4 atom stereocenters. The van der Waals surface area contributed by atoms with E-state index in [-0.39, 0.29) is 85.9 Å². The summed E-state index contributed by atoms with van der Waals surface area (Å²) in [5.74, 6) is -1.90. The van der Waals surface area contributed by atoms with Crippen LogP contribution < -0.4 is 0 Å². The van der Waals surface area contributed by atoms with Crippen molar-refractivity contribution in [1.29, 1.82) is 10.5 Å². The first kappa shape index (κ1) is 54.1. The molecule has 2 saturated carbocycles. The van der Waals surface area contributed by atoms with E-state index in [0.29, 0.717) is 52.2 Å². The topological polar surface area (TPSA) is 227 Å². The Balaban J connectivity index is 0.810. The van der Waals surface area contributed by atoms with E-state index in [1.54, 1.807) is 36.0 Å². The van der Waals surface area contributed by atoms with Crippen LogP contribution in [0.25, 0.3) is 11.6 Å². The Bertz CT molecular complexity index is 3510. The van der Waals surface area contributed by atoms with E-state index in [9.17, 15) is 30.3 Å². The highest BCUT2D eigenvalue weighted by Crippen LogP contribution is 2.49. The van der Waals surface area contributed by atoms with Crippen LogP contribution in [0.1, 0.15) is 155 Å². The number of hydrogen-bond acceptors (Lipinski definition) is 14. The summed E-state index contributed by atoms with van der Waals surface area (Å²) in [5.41, 5.74) is -1.15. The van der Waals surface area contributed by atoms with Gasteiger partial charge in [0.1, 0.15) is 34.4 Å². The molecule has 16 nitrogen and oxygen atoms in total. The van der Waals surface area contributed by atoms with E-state index in [1.807, 2.05) is 32.9 Å². The maximum absolute atomic E-state index is 16.4. The van der Waals surface area contributed by atoms with Crippen molar-refractivity contribution in [2.75, 3.05) is 0 Å². The predicted molar refractivity (Wildman–Crippen MR) is 283 cm³/mol. The highest BCUT2D eigenvalue weighted by molar-refractivity contribution is 6.31. The lowest BCUT2D eigenvalue weighted by Gasteiger charge is -2.42. The highest BCUT2D eigenvalue weighted by Gasteiger charge is 2.50. The predicted octanol–water partition coefficient (Wildman–Crippen LogP) is 11.2. The van der Waals surface area contributed by atoms with E-state index >= 15 is 8.78 Å². The van der Waals surface area contributed by atoms with Crippen molar-refractivity contribution in [2.24, 2.45) is 11.8 Å². The van der Waals surface area contributed by atoms with E-state index < -0.39 is 51.2 Å². The standard InChI is InChI=1S/C59H63ClF2N10O6/c1-34-30-65-54-67-49(69-71(54)31-34)26-41-47(73)29-59(78-52(41)75,40-12-8-9-13-40)19-17-38-24-45(61)51(46(62)25-38)57(5,33-64)21-20-56(4,32-63)43-15-14-37(23-44(43)60)16-18-58(39-10-6-7-11-39)28-48(74)42(53(76)77-58)27-50-68-55-66-35(2)22-36(3)72(55)70-50/h14-15,22-25,30-31,39-40,73-74H,6-13,16-21,26-29H2,1-5H3. The van der Waals surface area contributed by atoms with Crippen LogP contribution in [0.2, 0.25) is 5.02 Å². The molecule has 2 aliphatic heterocycles. The number of esters is 2. The van der Waals surface area contributed by atoms with Crippen LogP contribution in [0.15, 0.2) is 71.5 Å². The SMILES string of the molecule is Cc1cnc2nc(CC3=C(O)CC(CCc4cc(F)c(C(C)(C#N)CCC(C)(C#N)c5ccc(CCC6(C7CCCC7)CC(O)=C(Cc7nc8nc(C)cc(C)n8n7)C(=O)O6)cc5Cl)c(F)c4)(C4CCCC4)OC3=O)nn2c1. The average molecular weight is 1080 g/mol. The van der Waals surface area contributed by atoms with Gasteiger partial charge in [-0.05, 0) is 157 Å². The van der Waals surface area contributed by atoms with Crippen molar-refractivity contribution >= 4 is 35.1 Å². The van der Waals surface area contributed by atoms with Crippen LogP contribution in [-0.4, -0.2) is 72.5 Å². The molecule has 4 aliphatic rings. The largest absolute Gasteiger partial charge is 0.512 e. The number of benzene rings is 2. The van der Waals surface area contributed by atoms with Crippen LogP contribution in [0.3, 0.4) is 0 Å². The smallest absolute Gasteiger partial charge is 0.338 e. The van der Waals surface area contributed by atoms with E-state index in [0.717, 1.165) is 73.9 Å². The minimum absolute atomic E-state index is 0.00853. The number of aromatic nitrogens is 8. The zero-order valence-electron chi connectivity index (χ0n) is 44.6. The molecule has 0 bridgehead atoms. The summed E-state index contributed by atoms with van der Waals surface area (Å²) in [6, 6.07) is 14.2. The van der Waals surface area contributed by atoms with Gasteiger partial charge in [0.05, 0.1) is 34.1 Å². The first-order valence-electron chi connectivity index (χ1n) is 27.0. The summed E-state index contributed by atoms with van der Waals surface area (Å²) in [4.78, 5) is 45.2. The molecular formula is C59H63ClF2N10O6. The quantitative estimate of drug-likeness (QED) is 0.0810. The molecule has 4 unspecified atom stereocenters. The average Bonchev–Trinajstić information content (AvgIpc) is 4.30. The third-order valence-electron chi connectivity index (χ3n) is 17.2. The van der Waals surface area contributed by atoms with Crippen molar-refractivity contribution in [3.63, 3.8) is 0 Å². The number of aliphatic hydroxyl groups is 2. The molecule has 78 heavy (non-hydrogen) atoms. The number of cyclic esters (lactones) is 2. The number of rotatable bonds is 17. The minimum Gasteiger partial charge on any atom is -0.512 e. The van der Waals surface area contributed by atoms with Crippen molar-refractivity contribution in [3.05, 3.63) is 139 Å². The Kier molecular flexibility index (Phi) is 14.7. The number of carbonyl (C=O) groups excluding carboxylic acids is 2. The summed E-state index contributed by atoms with van der Waals surface area (Å²) < 4.78 is 48.6. The first-order valence-corrected chi connectivity index (χ1v) is 27.4. The Morgan fingerprint density at radius 1 is 0.744 bits per heavy atom. The second-order valence-corrected chi connectivity index (χ2v) is 23.2. The molecule has 0 amide bonds. The van der Waals surface area contributed by atoms with Gasteiger partial charge >= 0.3 is 11.9 Å². The van der Waals surface area contributed by atoms with Crippen molar-refractivity contribution < 1.29 is 38.1 Å². The maximum Gasteiger partial charge on any atom is 0.338 e. The number of halogens is 3. The molecule has 10 rings (SSSR count). The van der Waals surface area contributed by atoms with E-state index in [4.69, 9.17) is 21.1 Å². The molecule has 19 heteroatoms. The minimum atomic E-state index is -1.69. The number of ether oxygens (including phenoxy) is 2. The Morgan fingerprint density at radius 3 is 1.83 bits per heavy atom. The second-order valence-electron chi connectivity index (χ2n) is 22.7. The number of hydrogen-bond donors (Lipinski definition) is 2. The fourth-order valence-corrected chi connectivity index (χ4v) is 13.1. The summed E-state index contributed by atoms with van der Waals surface area (Å²) in [6.45, 7) is 8.78. The van der Waals surface area contributed by atoms with Gasteiger partial charge in [-0.3, -0.25) is 0 Å². The lowest BCUT2D eigenvalue weighted by atomic mass is 9.71. The summed E-state index contributed by atoms with van der Waals surface area (Å²) in [6.07, 6.45) is 11.7. The van der Waals surface area contributed by atoms with Gasteiger partial charge in [-0.25, -0.2) is 37.4 Å². The van der Waals surface area contributed by atoms with Crippen LogP contribution in [0, 0.1) is 66.9 Å². The van der Waals surface area contributed by atoms with Crippen molar-refractivity contribution in [1.82, 2.24) is 39.2 Å². The van der Waals surface area contributed by atoms with E-state index in [1.165, 1.54) is 23.6 Å². The van der Waals surface area contributed by atoms with E-state index in [2.05, 4.69) is 42.3 Å². The summed E-state index contributed by atoms with van der Waals surface area (Å²) in [7, 11) is 0. The molecule has 4 aromatic heterocycles. The van der Waals surface area contributed by atoms with Gasteiger partial charge in [-0.1, -0.05) is 49.4 Å². The molecule has 2 N–H and O–H groups in total. The van der Waals surface area contributed by atoms with Crippen LogP contribution >= 0.6 is 11.6 Å². The van der Waals surface area contributed by atoms with Crippen LogP contribution in [0.5, 0.6) is 0 Å². The zero-order valence-corrected chi connectivity index (χ0v) is 45.4. The van der Waals surface area contributed by atoms with Gasteiger partial charge in [0.2, 0.25) is 0 Å². The number of nitriles is 2. The fourth-order valence-electron chi connectivity index (χ4n) is 12.7. The number of carbonyl (C=O) groups is 2. The van der Waals surface area contributed by atoms with Gasteiger partial charge < -0.3 is 19.7 Å². The van der Waals surface area contributed by atoms with Crippen molar-refractivity contribution in [3.8, 4) is 12.1 Å². The molecule has 0 radical (unpaired) electrons.